The van der Waals surface area contributed by atoms with Gasteiger partial charge in [0.2, 0.25) is 5.91 Å². The summed E-state index contributed by atoms with van der Waals surface area (Å²) >= 11 is 19.4. The number of aromatic nitrogens is 2. The maximum absolute atomic E-state index is 12.4. The number of rotatable bonds is 5. The van der Waals surface area contributed by atoms with Gasteiger partial charge in [-0.1, -0.05) is 58.7 Å². The molecule has 0 unspecified atom stereocenters. The number of anilines is 1. The summed E-state index contributed by atoms with van der Waals surface area (Å²) in [6.45, 7) is 0. The second-order valence-electron chi connectivity index (χ2n) is 6.96. The largest absolute Gasteiger partial charge is 0.324 e. The van der Waals surface area contributed by atoms with Gasteiger partial charge in [-0.2, -0.15) is 0 Å². The summed E-state index contributed by atoms with van der Waals surface area (Å²) < 4.78 is 0. The highest BCUT2D eigenvalue weighted by molar-refractivity contribution is 7.99. The molecule has 2 aromatic carbocycles. The highest BCUT2D eigenvalue weighted by atomic mass is 35.5. The zero-order valence-electron chi connectivity index (χ0n) is 15.9. The number of amides is 1. The summed E-state index contributed by atoms with van der Waals surface area (Å²) in [5.41, 5.74) is 4.74. The summed E-state index contributed by atoms with van der Waals surface area (Å²) in [6, 6.07) is 12.6. The lowest BCUT2D eigenvalue weighted by atomic mass is 9.92. The third-order valence-electron chi connectivity index (χ3n) is 4.82. The van der Waals surface area contributed by atoms with Crippen molar-refractivity contribution in [2.24, 2.45) is 0 Å². The molecule has 3 aromatic rings. The molecule has 4 rings (SSSR count). The average molecular weight is 479 g/mol. The van der Waals surface area contributed by atoms with E-state index in [0.29, 0.717) is 25.9 Å². The number of hydrogen-bond donors (Lipinski definition) is 1. The van der Waals surface area contributed by atoms with Crippen molar-refractivity contribution in [1.82, 2.24) is 9.97 Å². The Labute approximate surface area is 194 Å². The number of fused-ring (bicyclic) bond motifs is 1. The maximum atomic E-state index is 12.4. The molecule has 0 spiro atoms. The number of aryl methyl sites for hydroxylation is 1. The first-order valence-electron chi connectivity index (χ1n) is 9.53. The average Bonchev–Trinajstić information content (AvgIpc) is 2.74. The van der Waals surface area contributed by atoms with Gasteiger partial charge in [0.15, 0.2) is 5.16 Å². The van der Waals surface area contributed by atoms with Crippen LogP contribution >= 0.6 is 46.6 Å². The number of benzene rings is 2. The molecule has 0 saturated carbocycles. The Morgan fingerprint density at radius 2 is 1.70 bits per heavy atom. The predicted molar refractivity (Wildman–Crippen MR) is 125 cm³/mol. The summed E-state index contributed by atoms with van der Waals surface area (Å²) in [4.78, 5) is 21.9. The smallest absolute Gasteiger partial charge is 0.234 e. The number of halogens is 3. The van der Waals surface area contributed by atoms with E-state index < -0.39 is 0 Å². The van der Waals surface area contributed by atoms with E-state index in [-0.39, 0.29) is 11.7 Å². The van der Waals surface area contributed by atoms with Crippen molar-refractivity contribution >= 4 is 58.2 Å². The van der Waals surface area contributed by atoms with E-state index in [4.69, 9.17) is 44.8 Å². The van der Waals surface area contributed by atoms with Gasteiger partial charge < -0.3 is 5.32 Å². The quantitative estimate of drug-likeness (QED) is 0.327. The molecule has 1 N–H and O–H groups in total. The molecule has 0 aliphatic heterocycles. The molecule has 0 bridgehead atoms. The van der Waals surface area contributed by atoms with E-state index >= 15 is 0 Å². The third-order valence-corrected chi connectivity index (χ3v) is 6.46. The van der Waals surface area contributed by atoms with Gasteiger partial charge in [-0.15, -0.1) is 0 Å². The van der Waals surface area contributed by atoms with Gasteiger partial charge in [-0.05, 0) is 56.0 Å². The van der Waals surface area contributed by atoms with Gasteiger partial charge in [0.05, 0.1) is 22.2 Å². The first-order chi connectivity index (χ1) is 14.5. The molecule has 0 fully saturated rings. The Morgan fingerprint density at radius 1 is 0.967 bits per heavy atom. The van der Waals surface area contributed by atoms with Crippen molar-refractivity contribution in [1.29, 1.82) is 0 Å². The van der Waals surface area contributed by atoms with Crippen LogP contribution in [0.4, 0.5) is 5.69 Å². The van der Waals surface area contributed by atoms with E-state index in [0.717, 1.165) is 42.6 Å². The topological polar surface area (TPSA) is 54.9 Å². The number of hydrogen-bond acceptors (Lipinski definition) is 4. The maximum Gasteiger partial charge on any atom is 0.234 e. The van der Waals surface area contributed by atoms with Crippen LogP contribution in [0.2, 0.25) is 15.1 Å². The van der Waals surface area contributed by atoms with E-state index in [2.05, 4.69) is 5.32 Å². The Morgan fingerprint density at radius 3 is 2.47 bits per heavy atom. The van der Waals surface area contributed by atoms with Crippen LogP contribution in [0.1, 0.15) is 24.1 Å². The van der Waals surface area contributed by atoms with E-state index in [1.807, 2.05) is 24.3 Å². The minimum absolute atomic E-state index is 0.178. The predicted octanol–water partition coefficient (Wildman–Crippen LogP) is 6.71. The van der Waals surface area contributed by atoms with Crippen LogP contribution in [-0.4, -0.2) is 21.6 Å². The zero-order valence-corrected chi connectivity index (χ0v) is 19.0. The SMILES string of the molecule is O=C(CSc1nc2c(c(-c3ccc(Cl)cc3)n1)CCCC2)Nc1ccc(Cl)cc1Cl. The number of carbonyl (C=O) groups is 1. The molecule has 4 nitrogen and oxygen atoms in total. The first-order valence-corrected chi connectivity index (χ1v) is 11.6. The highest BCUT2D eigenvalue weighted by Gasteiger charge is 2.19. The number of nitrogens with zero attached hydrogens (tertiary/aromatic N) is 2. The molecule has 0 saturated heterocycles. The third kappa shape index (κ3) is 5.09. The first kappa shape index (κ1) is 21.4. The fourth-order valence-electron chi connectivity index (χ4n) is 3.39. The van der Waals surface area contributed by atoms with Crippen LogP contribution in [-0.2, 0) is 17.6 Å². The molecular weight excluding hydrogens is 461 g/mol. The molecular formula is C22H18Cl3N3OS. The Hall–Kier alpha value is -1.79. The van der Waals surface area contributed by atoms with Gasteiger partial charge in [0, 0.05) is 26.9 Å². The molecule has 1 amide bonds. The lowest BCUT2D eigenvalue weighted by molar-refractivity contribution is -0.113. The lowest BCUT2D eigenvalue weighted by Crippen LogP contribution is -2.15. The van der Waals surface area contributed by atoms with Crippen molar-refractivity contribution in [2.75, 3.05) is 11.1 Å². The standard InChI is InChI=1S/C22H18Cl3N3OS/c23-14-7-5-13(6-8-14)21-16-3-1-2-4-18(16)27-22(28-21)30-12-20(29)26-19-10-9-15(24)11-17(19)25/h5-11H,1-4,12H2,(H,26,29). The van der Waals surface area contributed by atoms with Gasteiger partial charge in [0.1, 0.15) is 0 Å². The lowest BCUT2D eigenvalue weighted by Gasteiger charge is -2.19. The van der Waals surface area contributed by atoms with E-state index in [1.54, 1.807) is 18.2 Å². The van der Waals surface area contributed by atoms with Crippen LogP contribution in [0.3, 0.4) is 0 Å². The fraction of sp³-hybridized carbons (Fsp3) is 0.227. The minimum atomic E-state index is -0.182. The van der Waals surface area contributed by atoms with Crippen molar-refractivity contribution in [2.45, 2.75) is 30.8 Å². The van der Waals surface area contributed by atoms with Crippen molar-refractivity contribution in [3.8, 4) is 11.3 Å². The van der Waals surface area contributed by atoms with Crippen LogP contribution in [0.5, 0.6) is 0 Å². The van der Waals surface area contributed by atoms with Crippen LogP contribution in [0.25, 0.3) is 11.3 Å². The molecule has 1 aliphatic rings. The minimum Gasteiger partial charge on any atom is -0.324 e. The molecule has 1 aliphatic carbocycles. The van der Waals surface area contributed by atoms with Crippen LogP contribution < -0.4 is 5.32 Å². The summed E-state index contributed by atoms with van der Waals surface area (Å²) in [7, 11) is 0. The van der Waals surface area contributed by atoms with Crippen molar-refractivity contribution in [3.63, 3.8) is 0 Å². The highest BCUT2D eigenvalue weighted by Crippen LogP contribution is 2.32. The zero-order chi connectivity index (χ0) is 21.1. The van der Waals surface area contributed by atoms with E-state index in [9.17, 15) is 4.79 Å². The van der Waals surface area contributed by atoms with Gasteiger partial charge in [0.25, 0.3) is 0 Å². The number of nitrogens with one attached hydrogen (secondary N) is 1. The molecule has 0 radical (unpaired) electrons. The molecule has 154 valence electrons. The normalized spacial score (nSPS) is 13.0. The molecule has 0 atom stereocenters. The Kier molecular flexibility index (Phi) is 6.84. The molecule has 1 aromatic heterocycles. The molecule has 30 heavy (non-hydrogen) atoms. The second-order valence-corrected chi connectivity index (χ2v) is 9.18. The Balaban J connectivity index is 1.53. The van der Waals surface area contributed by atoms with E-state index in [1.165, 1.54) is 17.3 Å². The van der Waals surface area contributed by atoms with Crippen LogP contribution in [0, 0.1) is 0 Å². The van der Waals surface area contributed by atoms with Crippen molar-refractivity contribution < 1.29 is 4.79 Å². The van der Waals surface area contributed by atoms with Gasteiger partial charge in [-0.25, -0.2) is 9.97 Å². The Bertz CT molecular complexity index is 1090. The fourth-order valence-corrected chi connectivity index (χ4v) is 4.63. The summed E-state index contributed by atoms with van der Waals surface area (Å²) in [6.07, 6.45) is 4.14. The van der Waals surface area contributed by atoms with Crippen molar-refractivity contribution in [3.05, 3.63) is 68.8 Å². The monoisotopic (exact) mass is 477 g/mol. The number of thioether (sulfide) groups is 1. The van der Waals surface area contributed by atoms with Gasteiger partial charge in [-0.3, -0.25) is 4.79 Å². The summed E-state index contributed by atoms with van der Waals surface area (Å²) in [5, 5.41) is 5.00. The van der Waals surface area contributed by atoms with Gasteiger partial charge >= 0.3 is 0 Å². The molecule has 8 heteroatoms. The van der Waals surface area contributed by atoms with Crippen LogP contribution in [0.15, 0.2) is 47.6 Å². The second kappa shape index (κ2) is 9.56. The number of carbonyl (C=O) groups excluding carboxylic acids is 1. The summed E-state index contributed by atoms with van der Waals surface area (Å²) in [5.74, 6) is -0.00349. The molecule has 1 heterocycles.